The van der Waals surface area contributed by atoms with Crippen molar-refractivity contribution in [2.75, 3.05) is 26.3 Å². The van der Waals surface area contributed by atoms with Crippen molar-refractivity contribution in [3.8, 4) is 0 Å². The van der Waals surface area contributed by atoms with Gasteiger partial charge in [0, 0.05) is 13.0 Å². The van der Waals surface area contributed by atoms with Gasteiger partial charge >= 0.3 is 0 Å². The molecule has 2 N–H and O–H groups in total. The quantitative estimate of drug-likeness (QED) is 0.650. The Bertz CT molecular complexity index is 681. The lowest BCUT2D eigenvalue weighted by molar-refractivity contribution is -0.139. The van der Waals surface area contributed by atoms with Gasteiger partial charge in [0.1, 0.15) is 12.7 Å². The first-order valence-corrected chi connectivity index (χ1v) is 8.96. The van der Waals surface area contributed by atoms with E-state index in [1.54, 1.807) is 0 Å². The Morgan fingerprint density at radius 1 is 1.07 bits per heavy atom. The van der Waals surface area contributed by atoms with Crippen LogP contribution in [0, 0.1) is 0 Å². The highest BCUT2D eigenvalue weighted by Crippen LogP contribution is 2.17. The molecule has 7 nitrogen and oxygen atoms in total. The zero-order chi connectivity index (χ0) is 19.6. The van der Waals surface area contributed by atoms with Gasteiger partial charge in [0.2, 0.25) is 17.7 Å². The maximum absolute atomic E-state index is 12.3. The van der Waals surface area contributed by atoms with E-state index >= 15 is 0 Å². The van der Waals surface area contributed by atoms with Gasteiger partial charge in [-0.05, 0) is 24.8 Å². The van der Waals surface area contributed by atoms with Crippen LogP contribution in [0.25, 0.3) is 0 Å². The second kappa shape index (κ2) is 10.4. The Hall–Kier alpha value is -2.77. The molecule has 146 valence electrons. The van der Waals surface area contributed by atoms with Gasteiger partial charge in [-0.1, -0.05) is 30.3 Å². The van der Waals surface area contributed by atoms with Gasteiger partial charge in [-0.3, -0.25) is 19.2 Å². The van der Waals surface area contributed by atoms with Crippen molar-refractivity contribution in [2.45, 2.75) is 31.7 Å². The first-order valence-electron chi connectivity index (χ1n) is 8.96. The summed E-state index contributed by atoms with van der Waals surface area (Å²) in [4.78, 5) is 48.7. The van der Waals surface area contributed by atoms with E-state index in [1.165, 1.54) is 4.90 Å². The number of hydrogen-bond acceptors (Lipinski definition) is 4. The second-order valence-corrected chi connectivity index (χ2v) is 6.40. The first-order chi connectivity index (χ1) is 13.0. The molecular formula is C19H24FN3O4. The van der Waals surface area contributed by atoms with Gasteiger partial charge in [-0.25, -0.2) is 4.39 Å². The molecule has 0 aromatic heterocycles. The van der Waals surface area contributed by atoms with Crippen molar-refractivity contribution in [2.24, 2.45) is 0 Å². The third-order valence-electron chi connectivity index (χ3n) is 4.40. The molecule has 1 saturated heterocycles. The summed E-state index contributed by atoms with van der Waals surface area (Å²) in [5.41, 5.74) is 1.04. The number of rotatable bonds is 9. The lowest BCUT2D eigenvalue weighted by Crippen LogP contribution is -2.49. The second-order valence-electron chi connectivity index (χ2n) is 6.40. The van der Waals surface area contributed by atoms with Crippen molar-refractivity contribution >= 4 is 23.5 Å². The summed E-state index contributed by atoms with van der Waals surface area (Å²) in [6.45, 7) is -1.29. The lowest BCUT2D eigenvalue weighted by Gasteiger charge is -2.24. The molecule has 8 heteroatoms. The Morgan fingerprint density at radius 2 is 1.81 bits per heavy atom. The molecular weight excluding hydrogens is 353 g/mol. The van der Waals surface area contributed by atoms with Crippen LogP contribution in [0.5, 0.6) is 0 Å². The van der Waals surface area contributed by atoms with Gasteiger partial charge in [0.25, 0.3) is 0 Å². The van der Waals surface area contributed by atoms with E-state index in [1.807, 2.05) is 30.3 Å². The van der Waals surface area contributed by atoms with E-state index in [4.69, 9.17) is 0 Å². The molecule has 3 amide bonds. The minimum absolute atomic E-state index is 0.180. The van der Waals surface area contributed by atoms with E-state index in [9.17, 15) is 23.6 Å². The summed E-state index contributed by atoms with van der Waals surface area (Å²) in [7, 11) is 0. The number of carbonyl (C=O) groups is 4. The zero-order valence-electron chi connectivity index (χ0n) is 15.1. The van der Waals surface area contributed by atoms with Crippen LogP contribution < -0.4 is 10.6 Å². The molecule has 1 unspecified atom stereocenters. The predicted octanol–water partition coefficient (Wildman–Crippen LogP) is 0.381. The number of alkyl halides is 1. The van der Waals surface area contributed by atoms with Crippen molar-refractivity contribution in [1.82, 2.24) is 15.5 Å². The van der Waals surface area contributed by atoms with Gasteiger partial charge in [-0.15, -0.1) is 0 Å². The van der Waals surface area contributed by atoms with Gasteiger partial charge in [0.15, 0.2) is 5.78 Å². The molecule has 0 aliphatic carbocycles. The van der Waals surface area contributed by atoms with Crippen LogP contribution >= 0.6 is 0 Å². The number of amides is 3. The minimum Gasteiger partial charge on any atom is -0.347 e. The average molecular weight is 377 g/mol. The number of halogens is 1. The summed E-state index contributed by atoms with van der Waals surface area (Å²) in [6.07, 6.45) is 1.98. The summed E-state index contributed by atoms with van der Waals surface area (Å²) >= 11 is 0. The number of hydrogen-bond donors (Lipinski definition) is 2. The highest BCUT2D eigenvalue weighted by molar-refractivity contribution is 5.93. The molecule has 0 spiro atoms. The number of nitrogens with one attached hydrogen (secondary N) is 2. The maximum atomic E-state index is 12.3. The molecule has 2 rings (SSSR count). The van der Waals surface area contributed by atoms with Crippen molar-refractivity contribution in [3.05, 3.63) is 35.9 Å². The number of Topliss-reactive ketones (excluding diaryl/α,β-unsaturated/α-hetero) is 1. The van der Waals surface area contributed by atoms with E-state index in [0.717, 1.165) is 5.56 Å². The minimum atomic E-state index is -1.14. The third kappa shape index (κ3) is 6.47. The van der Waals surface area contributed by atoms with Crippen molar-refractivity contribution in [3.63, 3.8) is 0 Å². The molecule has 0 saturated carbocycles. The third-order valence-corrected chi connectivity index (χ3v) is 4.40. The Morgan fingerprint density at radius 3 is 2.52 bits per heavy atom. The number of likely N-dealkylation sites (tertiary alicyclic amines) is 1. The van der Waals surface area contributed by atoms with Crippen molar-refractivity contribution < 1.29 is 23.6 Å². The van der Waals surface area contributed by atoms with E-state index in [-0.39, 0.29) is 31.3 Å². The molecule has 1 aromatic rings. The molecule has 1 atom stereocenters. The summed E-state index contributed by atoms with van der Waals surface area (Å²) in [5, 5.41) is 4.94. The van der Waals surface area contributed by atoms with Crippen LogP contribution in [0.15, 0.2) is 30.3 Å². The number of nitrogens with zero attached hydrogens (tertiary/aromatic N) is 1. The summed E-state index contributed by atoms with van der Waals surface area (Å²) < 4.78 is 12.2. The van der Waals surface area contributed by atoms with Crippen LogP contribution in [0.1, 0.15) is 24.8 Å². The summed E-state index contributed by atoms with van der Waals surface area (Å²) in [5.74, 6) is -1.78. The molecule has 27 heavy (non-hydrogen) atoms. The Labute approximate surface area is 157 Å². The number of ketones is 1. The normalized spacial score (nSPS) is 16.0. The highest BCUT2D eigenvalue weighted by Gasteiger charge is 2.33. The van der Waals surface area contributed by atoms with Gasteiger partial charge < -0.3 is 15.5 Å². The fraction of sp³-hybridized carbons (Fsp3) is 0.474. The van der Waals surface area contributed by atoms with Crippen molar-refractivity contribution in [1.29, 1.82) is 0 Å². The van der Waals surface area contributed by atoms with E-state index in [0.29, 0.717) is 25.8 Å². The molecule has 1 heterocycles. The lowest BCUT2D eigenvalue weighted by atomic mass is 10.1. The topological polar surface area (TPSA) is 95.6 Å². The van der Waals surface area contributed by atoms with Gasteiger partial charge in [0.05, 0.1) is 13.1 Å². The molecule has 0 radical (unpaired) electrons. The largest absolute Gasteiger partial charge is 0.347 e. The Kier molecular flexibility index (Phi) is 7.91. The van der Waals surface area contributed by atoms with Crippen LogP contribution in [0.3, 0.4) is 0 Å². The SMILES string of the molecule is O=C(CF)CNC(=O)C1CCCN1C(=O)CNC(=O)CCc1ccccc1. The molecule has 1 fully saturated rings. The number of carbonyl (C=O) groups excluding carboxylic acids is 4. The first kappa shape index (κ1) is 20.5. The molecule has 0 bridgehead atoms. The van der Waals surface area contributed by atoms with E-state index < -0.39 is 24.4 Å². The number of aryl methyl sites for hydroxylation is 1. The average Bonchev–Trinajstić information content (AvgIpc) is 3.19. The maximum Gasteiger partial charge on any atom is 0.243 e. The van der Waals surface area contributed by atoms with Crippen LogP contribution in [-0.4, -0.2) is 60.8 Å². The summed E-state index contributed by atoms with van der Waals surface area (Å²) in [6, 6.07) is 8.87. The fourth-order valence-electron chi connectivity index (χ4n) is 2.96. The molecule has 1 aliphatic rings. The van der Waals surface area contributed by atoms with Crippen LogP contribution in [-0.2, 0) is 25.6 Å². The molecule has 1 aromatic carbocycles. The smallest absolute Gasteiger partial charge is 0.243 e. The van der Waals surface area contributed by atoms with Crippen LogP contribution in [0.4, 0.5) is 4.39 Å². The number of benzene rings is 1. The standard InChI is InChI=1S/C19H24FN3O4/c20-11-15(24)12-22-19(27)16-7-4-10-23(16)18(26)13-21-17(25)9-8-14-5-2-1-3-6-14/h1-3,5-6,16H,4,7-13H2,(H,21,25)(H,22,27). The Balaban J connectivity index is 1.75. The highest BCUT2D eigenvalue weighted by atomic mass is 19.1. The van der Waals surface area contributed by atoms with Crippen LogP contribution in [0.2, 0.25) is 0 Å². The zero-order valence-corrected chi connectivity index (χ0v) is 15.1. The monoisotopic (exact) mass is 377 g/mol. The fourth-order valence-corrected chi connectivity index (χ4v) is 2.96. The van der Waals surface area contributed by atoms with Gasteiger partial charge in [-0.2, -0.15) is 0 Å². The molecule has 1 aliphatic heterocycles. The van der Waals surface area contributed by atoms with E-state index in [2.05, 4.69) is 10.6 Å². The predicted molar refractivity (Wildman–Crippen MR) is 96.5 cm³/mol.